The molecule has 0 aliphatic heterocycles. The van der Waals surface area contributed by atoms with Gasteiger partial charge in [0, 0.05) is 29.6 Å². The van der Waals surface area contributed by atoms with Gasteiger partial charge >= 0.3 is 0 Å². The van der Waals surface area contributed by atoms with Crippen LogP contribution < -0.4 is 0 Å². The van der Waals surface area contributed by atoms with E-state index in [0.717, 1.165) is 12.8 Å². The van der Waals surface area contributed by atoms with Crippen molar-refractivity contribution in [2.75, 3.05) is 6.61 Å². The fraction of sp³-hybridized carbons (Fsp3) is 0.786. The molecule has 0 bridgehead atoms. The van der Waals surface area contributed by atoms with Crippen LogP contribution in [0.25, 0.3) is 0 Å². The molecule has 0 spiro atoms. The minimum atomic E-state index is -3.59. The van der Waals surface area contributed by atoms with E-state index >= 15 is 0 Å². The Balaban J connectivity index is 0.0000102. The largest absolute Gasteiger partial charge is 0.296 e. The van der Waals surface area contributed by atoms with Gasteiger partial charge in [-0.05, 0) is 18.6 Å². The summed E-state index contributed by atoms with van der Waals surface area (Å²) >= 11 is 0. The van der Waals surface area contributed by atoms with E-state index in [1.54, 1.807) is 30.3 Å². The number of rotatable bonds is 23. The molecule has 0 saturated heterocycles. The van der Waals surface area contributed by atoms with Gasteiger partial charge in [-0.15, -0.1) is 0 Å². The van der Waals surface area contributed by atoms with Crippen LogP contribution in [0.4, 0.5) is 0 Å². The number of benzene rings is 1. The molecule has 0 fully saturated rings. The Morgan fingerprint density at radius 2 is 0.879 bits per heavy atom. The van der Waals surface area contributed by atoms with Crippen LogP contribution in [0, 0.1) is 0 Å². The van der Waals surface area contributed by atoms with Crippen molar-refractivity contribution < 1.29 is 12.6 Å². The Kier molecular flexibility index (Phi) is 23.9. The van der Waals surface area contributed by atoms with Crippen molar-refractivity contribution >= 4 is 39.7 Å². The van der Waals surface area contributed by atoms with Crippen molar-refractivity contribution in [2.45, 2.75) is 140 Å². The third kappa shape index (κ3) is 20.1. The number of unbranched alkanes of at least 4 members (excludes halogenated alkanes) is 19. The molecule has 0 heterocycles. The minimum Gasteiger partial charge on any atom is -0.266 e. The predicted molar refractivity (Wildman–Crippen MR) is 143 cm³/mol. The first kappa shape index (κ1) is 33.1. The molecule has 0 saturated carbocycles. The van der Waals surface area contributed by atoms with Gasteiger partial charge in [0.2, 0.25) is 0 Å². The van der Waals surface area contributed by atoms with E-state index < -0.39 is 10.1 Å². The average molecular weight is 490 g/mol. The summed E-state index contributed by atoms with van der Waals surface area (Å²) in [4.78, 5) is 0.244. The molecule has 0 N–H and O–H groups in total. The van der Waals surface area contributed by atoms with Crippen LogP contribution in [0.2, 0.25) is 0 Å². The minimum absolute atomic E-state index is 0. The fourth-order valence-electron chi connectivity index (χ4n) is 4.18. The van der Waals surface area contributed by atoms with Crippen molar-refractivity contribution in [3.8, 4) is 0 Å². The zero-order valence-corrected chi connectivity index (χ0v) is 24.7. The maximum atomic E-state index is 12.0. The van der Waals surface area contributed by atoms with E-state index in [2.05, 4.69) is 6.92 Å². The normalized spacial score (nSPS) is 11.4. The van der Waals surface area contributed by atoms with Gasteiger partial charge in [0.05, 0.1) is 11.5 Å². The molecule has 1 aromatic rings. The van der Waals surface area contributed by atoms with Gasteiger partial charge in [-0.2, -0.15) is 8.42 Å². The summed E-state index contributed by atoms with van der Waals surface area (Å²) in [6.07, 6.45) is 26.8. The van der Waals surface area contributed by atoms with Crippen molar-refractivity contribution in [3.05, 3.63) is 30.3 Å². The van der Waals surface area contributed by atoms with E-state index in [-0.39, 0.29) is 41.1 Å². The van der Waals surface area contributed by atoms with Gasteiger partial charge in [0.25, 0.3) is 10.1 Å². The smallest absolute Gasteiger partial charge is 0.266 e. The Bertz CT molecular complexity index is 619. The summed E-state index contributed by atoms with van der Waals surface area (Å²) in [7, 11) is -3.59. The Hall–Kier alpha value is 0.130. The zero-order valence-electron chi connectivity index (χ0n) is 21.9. The topological polar surface area (TPSA) is 43.4 Å². The molecular formula is C28H50NaO3S. The molecule has 0 aromatic heterocycles. The van der Waals surface area contributed by atoms with E-state index in [4.69, 9.17) is 4.18 Å². The molecule has 0 unspecified atom stereocenters. The third-order valence-electron chi connectivity index (χ3n) is 6.27. The molecule has 0 aliphatic rings. The van der Waals surface area contributed by atoms with Crippen LogP contribution in [0.5, 0.6) is 0 Å². The molecule has 187 valence electrons. The first-order valence-corrected chi connectivity index (χ1v) is 15.0. The first-order valence-electron chi connectivity index (χ1n) is 13.6. The van der Waals surface area contributed by atoms with Crippen LogP contribution in [-0.2, 0) is 14.3 Å². The van der Waals surface area contributed by atoms with Crippen molar-refractivity contribution in [1.29, 1.82) is 0 Å². The molecular weight excluding hydrogens is 439 g/mol. The van der Waals surface area contributed by atoms with E-state index in [1.807, 2.05) is 0 Å². The Morgan fingerprint density at radius 3 is 1.24 bits per heavy atom. The van der Waals surface area contributed by atoms with Crippen molar-refractivity contribution in [2.24, 2.45) is 0 Å². The van der Waals surface area contributed by atoms with Gasteiger partial charge in [-0.3, -0.25) is 4.18 Å². The van der Waals surface area contributed by atoms with Crippen LogP contribution in [0.3, 0.4) is 0 Å². The summed E-state index contributed by atoms with van der Waals surface area (Å²) in [5.41, 5.74) is 0. The molecule has 1 radical (unpaired) electrons. The number of hydrogen-bond acceptors (Lipinski definition) is 3. The van der Waals surface area contributed by atoms with Crippen molar-refractivity contribution in [3.63, 3.8) is 0 Å². The van der Waals surface area contributed by atoms with Crippen LogP contribution >= 0.6 is 0 Å². The summed E-state index contributed by atoms with van der Waals surface area (Å²) in [6, 6.07) is 8.39. The molecule has 1 rings (SSSR count). The van der Waals surface area contributed by atoms with Crippen molar-refractivity contribution in [1.82, 2.24) is 0 Å². The van der Waals surface area contributed by atoms with E-state index in [1.165, 1.54) is 116 Å². The Morgan fingerprint density at radius 1 is 0.545 bits per heavy atom. The quantitative estimate of drug-likeness (QED) is 0.0876. The molecule has 33 heavy (non-hydrogen) atoms. The van der Waals surface area contributed by atoms with Crippen LogP contribution in [0.15, 0.2) is 35.2 Å². The summed E-state index contributed by atoms with van der Waals surface area (Å²) < 4.78 is 29.1. The van der Waals surface area contributed by atoms with Gasteiger partial charge in [-0.1, -0.05) is 147 Å². The molecule has 0 aliphatic carbocycles. The number of hydrogen-bond donors (Lipinski definition) is 0. The maximum Gasteiger partial charge on any atom is 0.296 e. The second kappa shape index (κ2) is 23.9. The van der Waals surface area contributed by atoms with Crippen LogP contribution in [0.1, 0.15) is 135 Å². The second-order valence-corrected chi connectivity index (χ2v) is 10.9. The fourth-order valence-corrected chi connectivity index (χ4v) is 5.14. The zero-order chi connectivity index (χ0) is 23.2. The summed E-state index contributed by atoms with van der Waals surface area (Å²) in [5, 5.41) is 0. The molecule has 0 atom stereocenters. The van der Waals surface area contributed by atoms with Gasteiger partial charge in [-0.25, -0.2) is 0 Å². The molecule has 3 nitrogen and oxygen atoms in total. The molecule has 1 aromatic carbocycles. The first-order chi connectivity index (χ1) is 15.7. The molecule has 5 heteroatoms. The van der Waals surface area contributed by atoms with E-state index in [9.17, 15) is 8.42 Å². The van der Waals surface area contributed by atoms with Gasteiger partial charge in [0.1, 0.15) is 0 Å². The summed E-state index contributed by atoms with van der Waals surface area (Å²) in [5.74, 6) is 0. The monoisotopic (exact) mass is 489 g/mol. The summed E-state index contributed by atoms with van der Waals surface area (Å²) in [6.45, 7) is 2.57. The second-order valence-electron chi connectivity index (χ2n) is 9.31. The standard InChI is InChI=1S/C28H50O3S.Na/c1-2-3-4-5-6-7-8-9-10-11-12-13-14-15-16-17-18-19-20-24-27-31-32(29,30)28-25-22-21-23-26-28;/h21-23,25-26H,2-20,24,27H2,1H3;. The van der Waals surface area contributed by atoms with E-state index in [0.29, 0.717) is 0 Å². The SMILES string of the molecule is CCCCCCCCCCCCCCCCCCCCCCOS(=O)(=O)c1ccccc1.[Na]. The third-order valence-corrected chi connectivity index (χ3v) is 7.59. The maximum absolute atomic E-state index is 12.0. The van der Waals surface area contributed by atoms with Crippen LogP contribution in [-0.4, -0.2) is 44.6 Å². The van der Waals surface area contributed by atoms with Gasteiger partial charge in [0.15, 0.2) is 0 Å². The predicted octanol–water partition coefficient (Wildman–Crippen LogP) is 8.83. The Labute approximate surface area is 228 Å². The molecule has 0 amide bonds. The van der Waals surface area contributed by atoms with Gasteiger partial charge < -0.3 is 0 Å². The average Bonchev–Trinajstić information content (AvgIpc) is 2.80.